The van der Waals surface area contributed by atoms with Crippen LogP contribution in [0.25, 0.3) is 0 Å². The molecule has 1 aliphatic rings. The van der Waals surface area contributed by atoms with Gasteiger partial charge >= 0.3 is 6.03 Å². The molecule has 2 rings (SSSR count). The van der Waals surface area contributed by atoms with Gasteiger partial charge in [0.25, 0.3) is 0 Å². The van der Waals surface area contributed by atoms with Crippen LogP contribution in [0.5, 0.6) is 0 Å². The molecule has 0 spiro atoms. The average Bonchev–Trinajstić information content (AvgIpc) is 2.49. The number of ether oxygens (including phenoxy) is 1. The molecule has 1 fully saturated rings. The zero-order chi connectivity index (χ0) is 14.2. The third-order valence-electron chi connectivity index (χ3n) is 3.04. The van der Waals surface area contributed by atoms with Gasteiger partial charge in [0.1, 0.15) is 5.82 Å². The Bertz CT molecular complexity index is 439. The summed E-state index contributed by atoms with van der Waals surface area (Å²) in [6.07, 6.45) is 0. The van der Waals surface area contributed by atoms with Crippen molar-refractivity contribution in [3.63, 3.8) is 0 Å². The van der Waals surface area contributed by atoms with Crippen LogP contribution in [0.2, 0.25) is 0 Å². The Labute approximate surface area is 122 Å². The zero-order valence-corrected chi connectivity index (χ0v) is 12.1. The third kappa shape index (κ3) is 4.68. The van der Waals surface area contributed by atoms with Gasteiger partial charge in [-0.05, 0) is 11.6 Å². The van der Waals surface area contributed by atoms with E-state index in [2.05, 4.69) is 5.32 Å². The lowest BCUT2D eigenvalue weighted by atomic mass is 10.2. The Kier molecular flexibility index (Phi) is 6.14. The minimum absolute atomic E-state index is 0.0419. The van der Waals surface area contributed by atoms with E-state index < -0.39 is 0 Å². The number of hydrogen-bond donors (Lipinski definition) is 1. The van der Waals surface area contributed by atoms with Crippen molar-refractivity contribution in [2.45, 2.75) is 5.75 Å². The molecule has 0 aliphatic carbocycles. The number of urea groups is 1. The van der Waals surface area contributed by atoms with Gasteiger partial charge in [0.05, 0.1) is 13.2 Å². The van der Waals surface area contributed by atoms with E-state index in [1.807, 2.05) is 6.07 Å². The van der Waals surface area contributed by atoms with Crippen molar-refractivity contribution in [1.29, 1.82) is 0 Å². The molecular formula is C14H19FN2O2S. The SMILES string of the molecule is O=C(NCCSCc1ccccc1F)N1CCOCC1. The van der Waals surface area contributed by atoms with Gasteiger partial charge in [-0.15, -0.1) is 0 Å². The molecule has 110 valence electrons. The minimum atomic E-state index is -0.169. The Balaban J connectivity index is 1.59. The van der Waals surface area contributed by atoms with E-state index >= 15 is 0 Å². The summed E-state index contributed by atoms with van der Waals surface area (Å²) >= 11 is 1.61. The largest absolute Gasteiger partial charge is 0.378 e. The molecule has 1 aromatic rings. The maximum Gasteiger partial charge on any atom is 0.317 e. The third-order valence-corrected chi connectivity index (χ3v) is 4.04. The first-order valence-electron chi connectivity index (χ1n) is 6.69. The molecular weight excluding hydrogens is 279 g/mol. The number of thioether (sulfide) groups is 1. The van der Waals surface area contributed by atoms with Gasteiger partial charge in [0.15, 0.2) is 0 Å². The van der Waals surface area contributed by atoms with E-state index in [0.29, 0.717) is 44.2 Å². The summed E-state index contributed by atoms with van der Waals surface area (Å²) in [6.45, 7) is 3.10. The molecule has 0 atom stereocenters. The molecule has 0 unspecified atom stereocenters. The van der Waals surface area contributed by atoms with Crippen LogP contribution in [0.3, 0.4) is 0 Å². The van der Waals surface area contributed by atoms with Crippen molar-refractivity contribution in [2.75, 3.05) is 38.6 Å². The lowest BCUT2D eigenvalue weighted by Gasteiger charge is -2.26. The quantitative estimate of drug-likeness (QED) is 0.847. The average molecular weight is 298 g/mol. The molecule has 20 heavy (non-hydrogen) atoms. The molecule has 6 heteroatoms. The number of nitrogens with zero attached hydrogens (tertiary/aromatic N) is 1. The smallest absolute Gasteiger partial charge is 0.317 e. The predicted molar refractivity (Wildman–Crippen MR) is 78.4 cm³/mol. The van der Waals surface area contributed by atoms with E-state index in [1.54, 1.807) is 28.8 Å². The summed E-state index contributed by atoms with van der Waals surface area (Å²) in [5.74, 6) is 1.22. The second-order valence-electron chi connectivity index (χ2n) is 4.48. The number of carbonyl (C=O) groups is 1. The highest BCUT2D eigenvalue weighted by molar-refractivity contribution is 7.98. The van der Waals surface area contributed by atoms with Crippen LogP contribution in [-0.4, -0.2) is 49.5 Å². The van der Waals surface area contributed by atoms with Crippen LogP contribution in [0.15, 0.2) is 24.3 Å². The Hall–Kier alpha value is -1.27. The van der Waals surface area contributed by atoms with Crippen molar-refractivity contribution < 1.29 is 13.9 Å². The summed E-state index contributed by atoms with van der Waals surface area (Å²) in [7, 11) is 0. The van der Waals surface area contributed by atoms with E-state index in [0.717, 1.165) is 5.75 Å². The van der Waals surface area contributed by atoms with Gasteiger partial charge in [0, 0.05) is 31.1 Å². The topological polar surface area (TPSA) is 41.6 Å². The van der Waals surface area contributed by atoms with Crippen molar-refractivity contribution in [1.82, 2.24) is 10.2 Å². The molecule has 0 aromatic heterocycles. The van der Waals surface area contributed by atoms with Crippen molar-refractivity contribution >= 4 is 17.8 Å². The number of hydrogen-bond acceptors (Lipinski definition) is 3. The van der Waals surface area contributed by atoms with Gasteiger partial charge in [-0.1, -0.05) is 18.2 Å². The maximum atomic E-state index is 13.4. The van der Waals surface area contributed by atoms with Gasteiger partial charge < -0.3 is 15.0 Å². The normalized spacial score (nSPS) is 15.2. The zero-order valence-electron chi connectivity index (χ0n) is 11.3. The predicted octanol–water partition coefficient (Wildman–Crippen LogP) is 2.10. The highest BCUT2D eigenvalue weighted by atomic mass is 32.2. The van der Waals surface area contributed by atoms with Crippen molar-refractivity contribution in [3.8, 4) is 0 Å². The molecule has 1 heterocycles. The second-order valence-corrected chi connectivity index (χ2v) is 5.58. The Morgan fingerprint density at radius 3 is 2.85 bits per heavy atom. The molecule has 1 aliphatic heterocycles. The number of halogens is 1. The van der Waals surface area contributed by atoms with Crippen LogP contribution >= 0.6 is 11.8 Å². The Morgan fingerprint density at radius 1 is 1.35 bits per heavy atom. The molecule has 1 saturated heterocycles. The molecule has 1 aromatic carbocycles. The van der Waals surface area contributed by atoms with E-state index in [9.17, 15) is 9.18 Å². The minimum Gasteiger partial charge on any atom is -0.378 e. The van der Waals surface area contributed by atoms with Gasteiger partial charge in [-0.25, -0.2) is 9.18 Å². The van der Waals surface area contributed by atoms with Crippen LogP contribution in [-0.2, 0) is 10.5 Å². The van der Waals surface area contributed by atoms with Crippen molar-refractivity contribution in [2.24, 2.45) is 0 Å². The molecule has 1 N–H and O–H groups in total. The lowest BCUT2D eigenvalue weighted by Crippen LogP contribution is -2.46. The monoisotopic (exact) mass is 298 g/mol. The number of nitrogens with one attached hydrogen (secondary N) is 1. The fraction of sp³-hybridized carbons (Fsp3) is 0.500. The second kappa shape index (κ2) is 8.11. The van der Waals surface area contributed by atoms with Gasteiger partial charge in [-0.2, -0.15) is 11.8 Å². The number of benzene rings is 1. The number of carbonyl (C=O) groups excluding carboxylic acids is 1. The van der Waals surface area contributed by atoms with E-state index in [1.165, 1.54) is 6.07 Å². The van der Waals surface area contributed by atoms with Crippen LogP contribution < -0.4 is 5.32 Å². The maximum absolute atomic E-state index is 13.4. The summed E-state index contributed by atoms with van der Waals surface area (Å²) in [5.41, 5.74) is 0.706. The van der Waals surface area contributed by atoms with E-state index in [-0.39, 0.29) is 11.8 Å². The molecule has 0 radical (unpaired) electrons. The first-order valence-corrected chi connectivity index (χ1v) is 7.84. The fourth-order valence-corrected chi connectivity index (χ4v) is 2.75. The number of amides is 2. The number of rotatable bonds is 5. The van der Waals surface area contributed by atoms with Gasteiger partial charge in [0.2, 0.25) is 0 Å². The summed E-state index contributed by atoms with van der Waals surface area (Å²) in [5, 5.41) is 2.87. The summed E-state index contributed by atoms with van der Waals surface area (Å²) in [6, 6.07) is 6.73. The van der Waals surface area contributed by atoms with Crippen LogP contribution in [0.4, 0.5) is 9.18 Å². The molecule has 0 saturated carbocycles. The fourth-order valence-electron chi connectivity index (χ4n) is 1.91. The summed E-state index contributed by atoms with van der Waals surface area (Å²) in [4.78, 5) is 13.5. The number of morpholine rings is 1. The Morgan fingerprint density at radius 2 is 2.10 bits per heavy atom. The molecule has 0 bridgehead atoms. The first kappa shape index (κ1) is 15.1. The standard InChI is InChI=1S/C14H19FN2O2S/c15-13-4-2-1-3-12(13)11-20-10-5-16-14(18)17-6-8-19-9-7-17/h1-4H,5-11H2,(H,16,18). The summed E-state index contributed by atoms with van der Waals surface area (Å²) < 4.78 is 18.6. The first-order chi connectivity index (χ1) is 9.77. The van der Waals surface area contributed by atoms with E-state index in [4.69, 9.17) is 4.74 Å². The lowest BCUT2D eigenvalue weighted by molar-refractivity contribution is 0.0533. The highest BCUT2D eigenvalue weighted by Crippen LogP contribution is 2.14. The highest BCUT2D eigenvalue weighted by Gasteiger charge is 2.15. The molecule has 4 nitrogen and oxygen atoms in total. The van der Waals surface area contributed by atoms with Crippen molar-refractivity contribution in [3.05, 3.63) is 35.6 Å². The van der Waals surface area contributed by atoms with Gasteiger partial charge in [-0.3, -0.25) is 0 Å². The molecule has 2 amide bonds. The van der Waals surface area contributed by atoms with Crippen LogP contribution in [0.1, 0.15) is 5.56 Å². The van der Waals surface area contributed by atoms with Crippen LogP contribution in [0, 0.1) is 5.82 Å².